The van der Waals surface area contributed by atoms with Gasteiger partial charge in [-0.1, -0.05) is 0 Å². The average molecular weight is 288 g/mol. The number of rotatable bonds is 1. The third-order valence-electron chi connectivity index (χ3n) is 3.72. The second-order valence-corrected chi connectivity index (χ2v) is 5.51. The van der Waals surface area contributed by atoms with Crippen molar-refractivity contribution in [1.82, 2.24) is 29.8 Å². The Kier molecular flexibility index (Phi) is 2.89. The van der Waals surface area contributed by atoms with Crippen LogP contribution in [0.25, 0.3) is 5.78 Å². The summed E-state index contributed by atoms with van der Waals surface area (Å²) >= 11 is 0. The van der Waals surface area contributed by atoms with Gasteiger partial charge in [0.05, 0.1) is 0 Å². The Morgan fingerprint density at radius 1 is 1.43 bits per heavy atom. The highest BCUT2D eigenvalue weighted by atomic mass is 16.2. The number of carbonyl (C=O) groups excluding carboxylic acids is 2. The summed E-state index contributed by atoms with van der Waals surface area (Å²) in [5.41, 5.74) is -0.0860. The summed E-state index contributed by atoms with van der Waals surface area (Å²) in [6, 6.07) is 1.79. The Morgan fingerprint density at radius 3 is 2.90 bits per heavy atom. The van der Waals surface area contributed by atoms with Crippen molar-refractivity contribution in [1.29, 1.82) is 0 Å². The van der Waals surface area contributed by atoms with Gasteiger partial charge in [-0.25, -0.2) is 9.50 Å². The first-order chi connectivity index (χ1) is 9.91. The molecule has 1 aliphatic heterocycles. The second kappa shape index (κ2) is 4.51. The molecule has 0 unspecified atom stereocenters. The van der Waals surface area contributed by atoms with E-state index in [1.54, 1.807) is 26.1 Å². The van der Waals surface area contributed by atoms with Crippen molar-refractivity contribution >= 4 is 17.6 Å². The molecule has 1 N–H and O–H groups in total. The number of nitrogens with one attached hydrogen (secondary N) is 1. The van der Waals surface area contributed by atoms with E-state index in [9.17, 15) is 9.59 Å². The van der Waals surface area contributed by atoms with Gasteiger partial charge in [-0.3, -0.25) is 9.59 Å². The number of amides is 2. The normalized spacial score (nSPS) is 17.9. The number of carbonyl (C=O) groups is 2. The van der Waals surface area contributed by atoms with E-state index in [1.807, 2.05) is 6.92 Å². The van der Waals surface area contributed by atoms with Crippen LogP contribution in [0.1, 0.15) is 30.2 Å². The lowest BCUT2D eigenvalue weighted by Gasteiger charge is -2.40. The molecule has 8 heteroatoms. The van der Waals surface area contributed by atoms with Crippen LogP contribution in [0, 0.1) is 6.92 Å². The summed E-state index contributed by atoms with van der Waals surface area (Å²) in [4.78, 5) is 34.3. The molecule has 3 rings (SSSR count). The quantitative estimate of drug-likeness (QED) is 0.783. The van der Waals surface area contributed by atoms with E-state index in [1.165, 1.54) is 9.42 Å². The van der Waals surface area contributed by atoms with Crippen LogP contribution in [0.4, 0.5) is 0 Å². The average Bonchev–Trinajstić information content (AvgIpc) is 2.87. The van der Waals surface area contributed by atoms with Crippen LogP contribution in [0.5, 0.6) is 0 Å². The van der Waals surface area contributed by atoms with Crippen molar-refractivity contribution < 1.29 is 9.59 Å². The predicted molar refractivity (Wildman–Crippen MR) is 73.6 cm³/mol. The SMILES string of the molecule is Cc1ccnc2nc(C(=O)N3CCNC(=O)C3(C)C)nn12. The lowest BCUT2D eigenvalue weighted by atomic mass is 9.99. The molecule has 0 saturated carbocycles. The highest BCUT2D eigenvalue weighted by Crippen LogP contribution is 2.19. The van der Waals surface area contributed by atoms with Gasteiger partial charge >= 0.3 is 0 Å². The van der Waals surface area contributed by atoms with Crippen LogP contribution in [-0.4, -0.2) is 54.9 Å². The van der Waals surface area contributed by atoms with Crippen molar-refractivity contribution in [3.63, 3.8) is 0 Å². The van der Waals surface area contributed by atoms with Crippen LogP contribution < -0.4 is 5.32 Å². The Labute approximate surface area is 121 Å². The van der Waals surface area contributed by atoms with Gasteiger partial charge in [0.2, 0.25) is 11.7 Å². The van der Waals surface area contributed by atoms with Gasteiger partial charge in [-0.15, -0.1) is 5.10 Å². The molecule has 0 bridgehead atoms. The van der Waals surface area contributed by atoms with E-state index >= 15 is 0 Å². The molecule has 110 valence electrons. The molecule has 1 aliphatic rings. The van der Waals surface area contributed by atoms with E-state index in [4.69, 9.17) is 0 Å². The molecule has 1 fully saturated rings. The highest BCUT2D eigenvalue weighted by Gasteiger charge is 2.41. The fourth-order valence-corrected chi connectivity index (χ4v) is 2.37. The largest absolute Gasteiger partial charge is 0.352 e. The smallest absolute Gasteiger partial charge is 0.294 e. The van der Waals surface area contributed by atoms with E-state index in [2.05, 4.69) is 20.4 Å². The van der Waals surface area contributed by atoms with E-state index < -0.39 is 5.54 Å². The minimum absolute atomic E-state index is 0.0552. The number of aryl methyl sites for hydroxylation is 1. The minimum atomic E-state index is -0.921. The molecule has 0 atom stereocenters. The van der Waals surface area contributed by atoms with Crippen LogP contribution in [0.15, 0.2) is 12.3 Å². The topological polar surface area (TPSA) is 92.5 Å². The Balaban J connectivity index is 2.00. The maximum absolute atomic E-state index is 12.6. The minimum Gasteiger partial charge on any atom is -0.352 e. The number of hydrogen-bond donors (Lipinski definition) is 1. The van der Waals surface area contributed by atoms with Crippen molar-refractivity contribution in [2.75, 3.05) is 13.1 Å². The fourth-order valence-electron chi connectivity index (χ4n) is 2.37. The number of aromatic nitrogens is 4. The molecule has 0 spiro atoms. The predicted octanol–water partition coefficient (Wildman–Crippen LogP) is -0.217. The molecule has 1 saturated heterocycles. The molecule has 0 aliphatic carbocycles. The summed E-state index contributed by atoms with van der Waals surface area (Å²) in [5.74, 6) is -0.114. The number of piperazine rings is 1. The van der Waals surface area contributed by atoms with Crippen LogP contribution in [-0.2, 0) is 4.79 Å². The molecule has 3 heterocycles. The maximum Gasteiger partial charge on any atom is 0.294 e. The maximum atomic E-state index is 12.6. The van der Waals surface area contributed by atoms with Crippen molar-refractivity contribution in [3.8, 4) is 0 Å². The van der Waals surface area contributed by atoms with Gasteiger partial charge in [-0.2, -0.15) is 4.98 Å². The van der Waals surface area contributed by atoms with Crippen molar-refractivity contribution in [3.05, 3.63) is 23.8 Å². The third-order valence-corrected chi connectivity index (χ3v) is 3.72. The summed E-state index contributed by atoms with van der Waals surface area (Å²) < 4.78 is 1.52. The van der Waals surface area contributed by atoms with E-state index in [-0.39, 0.29) is 17.6 Å². The first kappa shape index (κ1) is 13.5. The zero-order valence-electron chi connectivity index (χ0n) is 12.1. The summed E-state index contributed by atoms with van der Waals surface area (Å²) in [5, 5.41) is 6.95. The van der Waals surface area contributed by atoms with Gasteiger partial charge < -0.3 is 10.2 Å². The zero-order chi connectivity index (χ0) is 15.2. The summed E-state index contributed by atoms with van der Waals surface area (Å²) in [7, 11) is 0. The molecule has 0 aromatic carbocycles. The lowest BCUT2D eigenvalue weighted by molar-refractivity contribution is -0.133. The first-order valence-electron chi connectivity index (χ1n) is 6.70. The third kappa shape index (κ3) is 2.03. The van der Waals surface area contributed by atoms with E-state index in [0.717, 1.165) is 5.69 Å². The lowest BCUT2D eigenvalue weighted by Crippen LogP contribution is -2.63. The van der Waals surface area contributed by atoms with Gasteiger partial charge in [0.1, 0.15) is 5.54 Å². The Hall–Kier alpha value is -2.51. The van der Waals surface area contributed by atoms with Crippen LogP contribution >= 0.6 is 0 Å². The molecule has 2 amide bonds. The van der Waals surface area contributed by atoms with Gasteiger partial charge in [0.15, 0.2) is 0 Å². The molecule has 2 aromatic heterocycles. The number of nitrogens with zero attached hydrogens (tertiary/aromatic N) is 5. The molecular formula is C13H16N6O2. The van der Waals surface area contributed by atoms with Crippen molar-refractivity contribution in [2.24, 2.45) is 0 Å². The molecule has 2 aromatic rings. The Bertz CT molecular complexity index is 735. The van der Waals surface area contributed by atoms with Crippen LogP contribution in [0.3, 0.4) is 0 Å². The van der Waals surface area contributed by atoms with Crippen LogP contribution in [0.2, 0.25) is 0 Å². The van der Waals surface area contributed by atoms with Gasteiger partial charge in [0.25, 0.3) is 11.7 Å². The highest BCUT2D eigenvalue weighted by molar-refractivity contribution is 5.97. The monoisotopic (exact) mass is 288 g/mol. The second-order valence-electron chi connectivity index (χ2n) is 5.51. The fraction of sp³-hybridized carbons (Fsp3) is 0.462. The molecule has 21 heavy (non-hydrogen) atoms. The summed E-state index contributed by atoms with van der Waals surface area (Å²) in [6.45, 7) is 6.13. The Morgan fingerprint density at radius 2 is 2.19 bits per heavy atom. The molecule has 0 radical (unpaired) electrons. The number of hydrogen-bond acceptors (Lipinski definition) is 5. The van der Waals surface area contributed by atoms with Gasteiger partial charge in [-0.05, 0) is 26.8 Å². The van der Waals surface area contributed by atoms with Crippen molar-refractivity contribution in [2.45, 2.75) is 26.3 Å². The zero-order valence-corrected chi connectivity index (χ0v) is 12.1. The molecular weight excluding hydrogens is 272 g/mol. The first-order valence-corrected chi connectivity index (χ1v) is 6.70. The molecule has 8 nitrogen and oxygen atoms in total. The summed E-state index contributed by atoms with van der Waals surface area (Å²) in [6.07, 6.45) is 1.62. The standard InChI is InChI=1S/C13H16N6O2/c1-8-4-5-15-12-16-9(17-19(8)12)10(20)18-7-6-14-11(21)13(18,2)3/h4-5H,6-7H2,1-3H3,(H,14,21). The van der Waals surface area contributed by atoms with Gasteiger partial charge in [0, 0.05) is 25.0 Å². The van der Waals surface area contributed by atoms with E-state index in [0.29, 0.717) is 18.9 Å². The number of fused-ring (bicyclic) bond motifs is 1.